The van der Waals surface area contributed by atoms with Crippen LogP contribution in [0.15, 0.2) is 18.3 Å². The lowest BCUT2D eigenvalue weighted by Gasteiger charge is -2.31. The number of aromatic nitrogens is 7. The lowest BCUT2D eigenvalue weighted by Crippen LogP contribution is -2.44. The number of hydrogen-bond acceptors (Lipinski definition) is 9. The monoisotopic (exact) mass is 655 g/mol. The first-order valence-electron chi connectivity index (χ1n) is 17.1. The average molecular weight is 656 g/mol. The third-order valence-corrected chi connectivity index (χ3v) is 11.1. The van der Waals surface area contributed by atoms with Gasteiger partial charge in [-0.1, -0.05) is 6.08 Å². The lowest BCUT2D eigenvalue weighted by molar-refractivity contribution is -0.0123. The zero-order valence-electron chi connectivity index (χ0n) is 28.0. The van der Waals surface area contributed by atoms with Gasteiger partial charge < -0.3 is 24.0 Å². The van der Waals surface area contributed by atoms with Crippen LogP contribution in [0.1, 0.15) is 50.7 Å². The maximum atomic E-state index is 14.6. The molecule has 3 atom stereocenters. The van der Waals surface area contributed by atoms with Crippen LogP contribution in [0, 0.1) is 0 Å². The van der Waals surface area contributed by atoms with E-state index >= 15 is 0 Å². The molecule has 12 nitrogen and oxygen atoms in total. The van der Waals surface area contributed by atoms with E-state index in [0.717, 1.165) is 70.8 Å². The number of hydrogen-bond donors (Lipinski definition) is 2. The minimum absolute atomic E-state index is 0.233. The van der Waals surface area contributed by atoms with Gasteiger partial charge in [0, 0.05) is 44.6 Å². The van der Waals surface area contributed by atoms with E-state index in [0.29, 0.717) is 50.7 Å². The number of halogens is 1. The standard InChI is InChI=1S/C35H42FN9O3/c1-20-7-5-8-21-13-24-23(15-37-40-24)26(25(20)21)28-30-29(43(4)41-28)27-31(42(30)3)38-33(39-32(27)44-11-12-47-18-34(2,46)17-44)48-19-35-9-6-10-45(35)16-22(36)14-35/h7,13,15,22,46H,5-6,8-12,14,16-19H2,1-4H3,(H,37,40)/t22-,34+,35+/m1/s1. The van der Waals surface area contributed by atoms with Crippen LogP contribution in [-0.4, -0.2) is 108 Å². The van der Waals surface area contributed by atoms with E-state index in [-0.39, 0.29) is 18.2 Å². The molecule has 0 amide bonds. The molecule has 1 aromatic carbocycles. The van der Waals surface area contributed by atoms with Crippen LogP contribution in [0.2, 0.25) is 0 Å². The Morgan fingerprint density at radius 3 is 2.94 bits per heavy atom. The van der Waals surface area contributed by atoms with Gasteiger partial charge in [0.1, 0.15) is 29.9 Å². The molecule has 0 spiro atoms. The molecule has 3 saturated heterocycles. The highest BCUT2D eigenvalue weighted by atomic mass is 19.1. The topological polar surface area (TPSA) is 122 Å². The third kappa shape index (κ3) is 4.50. The number of ether oxygens (including phenoxy) is 2. The molecule has 2 N–H and O–H groups in total. The molecule has 7 heterocycles. The van der Waals surface area contributed by atoms with Crippen LogP contribution in [0.4, 0.5) is 10.2 Å². The molecular weight excluding hydrogens is 613 g/mol. The molecule has 0 radical (unpaired) electrons. The first-order chi connectivity index (χ1) is 23.1. The Kier molecular flexibility index (Phi) is 6.70. The number of allylic oxidation sites excluding steroid dienone is 2. The van der Waals surface area contributed by atoms with Gasteiger partial charge in [0.15, 0.2) is 5.65 Å². The summed E-state index contributed by atoms with van der Waals surface area (Å²) < 4.78 is 30.9. The second kappa shape index (κ2) is 10.7. The smallest absolute Gasteiger partial charge is 0.320 e. The van der Waals surface area contributed by atoms with Gasteiger partial charge in [-0.2, -0.15) is 20.2 Å². The van der Waals surface area contributed by atoms with Crippen molar-refractivity contribution in [2.75, 3.05) is 50.9 Å². The lowest BCUT2D eigenvalue weighted by atomic mass is 9.85. The molecule has 4 aliphatic rings. The molecule has 1 aliphatic carbocycles. The van der Waals surface area contributed by atoms with E-state index in [1.165, 1.54) is 16.7 Å². The fraction of sp³-hybridized carbons (Fsp3) is 0.543. The molecular formula is C35H42FN9O3. The highest BCUT2D eigenvalue weighted by Crippen LogP contribution is 2.46. The third-order valence-electron chi connectivity index (χ3n) is 11.1. The summed E-state index contributed by atoms with van der Waals surface area (Å²) in [6.07, 6.45) is 7.70. The van der Waals surface area contributed by atoms with Gasteiger partial charge in [0.2, 0.25) is 0 Å². The van der Waals surface area contributed by atoms with Gasteiger partial charge in [-0.3, -0.25) is 14.7 Å². The fourth-order valence-electron chi connectivity index (χ4n) is 8.97. The first-order valence-corrected chi connectivity index (χ1v) is 17.1. The number of fused-ring (bicyclic) bond motifs is 6. The maximum Gasteiger partial charge on any atom is 0.320 e. The van der Waals surface area contributed by atoms with E-state index in [1.54, 1.807) is 6.92 Å². The van der Waals surface area contributed by atoms with E-state index in [9.17, 15) is 9.50 Å². The summed E-state index contributed by atoms with van der Waals surface area (Å²) in [4.78, 5) is 14.4. The van der Waals surface area contributed by atoms with E-state index in [1.807, 2.05) is 25.0 Å². The van der Waals surface area contributed by atoms with Gasteiger partial charge in [-0.05, 0) is 68.8 Å². The van der Waals surface area contributed by atoms with Crippen molar-refractivity contribution in [3.05, 3.63) is 29.5 Å². The summed E-state index contributed by atoms with van der Waals surface area (Å²) in [6, 6.07) is 2.47. The summed E-state index contributed by atoms with van der Waals surface area (Å²) in [5.74, 6) is 0.663. The molecule has 48 heavy (non-hydrogen) atoms. The number of nitrogens with zero attached hydrogens (tertiary/aromatic N) is 8. The highest BCUT2D eigenvalue weighted by Gasteiger charge is 2.49. The second-order valence-electron chi connectivity index (χ2n) is 14.6. The molecule has 0 unspecified atom stereocenters. The molecule has 13 heteroatoms. The van der Waals surface area contributed by atoms with Crippen molar-refractivity contribution in [2.45, 2.75) is 63.3 Å². The van der Waals surface area contributed by atoms with E-state index < -0.39 is 11.8 Å². The van der Waals surface area contributed by atoms with Gasteiger partial charge in [0.25, 0.3) is 0 Å². The molecule has 9 rings (SSSR count). The van der Waals surface area contributed by atoms with Crippen LogP contribution in [-0.2, 0) is 25.3 Å². The number of H-pyrrole nitrogens is 1. The number of aliphatic hydroxyl groups is 1. The van der Waals surface area contributed by atoms with Crippen molar-refractivity contribution in [1.82, 2.24) is 39.4 Å². The van der Waals surface area contributed by atoms with Gasteiger partial charge >= 0.3 is 6.01 Å². The minimum atomic E-state index is -1.08. The van der Waals surface area contributed by atoms with Crippen molar-refractivity contribution in [2.24, 2.45) is 14.1 Å². The largest absolute Gasteiger partial charge is 0.461 e. The molecule has 252 valence electrons. The number of rotatable bonds is 5. The number of β-amino-alcohol motifs (C(OH)–C–C–N with tert-alkyl or cyclic N) is 1. The van der Waals surface area contributed by atoms with Gasteiger partial charge in [0.05, 0.1) is 53.4 Å². The number of aryl methyl sites for hydroxylation is 3. The van der Waals surface area contributed by atoms with Gasteiger partial charge in [-0.15, -0.1) is 0 Å². The number of aromatic amines is 1. The second-order valence-corrected chi connectivity index (χ2v) is 14.6. The Labute approximate surface area is 277 Å². The predicted molar refractivity (Wildman–Crippen MR) is 182 cm³/mol. The van der Waals surface area contributed by atoms with Crippen LogP contribution < -0.4 is 9.64 Å². The van der Waals surface area contributed by atoms with Gasteiger partial charge in [-0.25, -0.2) is 4.39 Å². The van der Waals surface area contributed by atoms with Crippen molar-refractivity contribution in [1.29, 1.82) is 0 Å². The van der Waals surface area contributed by atoms with Crippen LogP contribution >= 0.6 is 0 Å². The maximum absolute atomic E-state index is 14.6. The summed E-state index contributed by atoms with van der Waals surface area (Å²) in [5.41, 5.74) is 7.75. The summed E-state index contributed by atoms with van der Waals surface area (Å²) in [6.45, 7) is 7.18. The minimum Gasteiger partial charge on any atom is -0.461 e. The number of anilines is 1. The van der Waals surface area contributed by atoms with Crippen molar-refractivity contribution in [3.8, 4) is 17.3 Å². The molecule has 0 saturated carbocycles. The van der Waals surface area contributed by atoms with Crippen LogP contribution in [0.5, 0.6) is 6.01 Å². The Morgan fingerprint density at radius 1 is 1.19 bits per heavy atom. The number of benzene rings is 1. The van der Waals surface area contributed by atoms with Crippen LogP contribution in [0.25, 0.3) is 49.8 Å². The van der Waals surface area contributed by atoms with E-state index in [4.69, 9.17) is 24.5 Å². The first kappa shape index (κ1) is 30.0. The van der Waals surface area contributed by atoms with Crippen molar-refractivity contribution >= 4 is 44.4 Å². The number of nitrogens with one attached hydrogen (secondary N) is 1. The Bertz CT molecular complexity index is 2130. The summed E-state index contributed by atoms with van der Waals surface area (Å²) >= 11 is 0. The fourth-order valence-corrected chi connectivity index (χ4v) is 8.97. The van der Waals surface area contributed by atoms with Crippen LogP contribution in [0.3, 0.4) is 0 Å². The summed E-state index contributed by atoms with van der Waals surface area (Å²) in [5, 5.41) is 25.9. The SMILES string of the molecule is CC1=CCCc2cc3[nH]ncc3c(-c3nn(C)c4c5c(N6CCOC[C@@](C)(O)C6)nc(OC[C@@]67CCCN6C[C@H](F)C7)nc5n(C)c34)c21. The predicted octanol–water partition coefficient (Wildman–Crippen LogP) is 4.29. The zero-order valence-corrected chi connectivity index (χ0v) is 28.0. The quantitative estimate of drug-likeness (QED) is 0.286. The van der Waals surface area contributed by atoms with Crippen molar-refractivity contribution < 1.29 is 19.0 Å². The Morgan fingerprint density at radius 2 is 2.06 bits per heavy atom. The molecule has 0 bridgehead atoms. The highest BCUT2D eigenvalue weighted by molar-refractivity contribution is 6.16. The summed E-state index contributed by atoms with van der Waals surface area (Å²) in [7, 11) is 3.98. The molecule has 3 fully saturated rings. The molecule has 5 aromatic rings. The van der Waals surface area contributed by atoms with Crippen molar-refractivity contribution in [3.63, 3.8) is 0 Å². The normalized spacial score (nSPS) is 26.4. The number of alkyl halides is 1. The molecule has 4 aromatic heterocycles. The molecule has 3 aliphatic heterocycles. The Balaban J connectivity index is 1.26. The zero-order chi connectivity index (χ0) is 32.9. The average Bonchev–Trinajstić information content (AvgIpc) is 3.83. The Hall–Kier alpha value is -4.07. The van der Waals surface area contributed by atoms with E-state index in [2.05, 4.69) is 43.6 Å².